The molecule has 2 unspecified atom stereocenters. The molecule has 2 aliphatic rings. The molecule has 1 aromatic rings. The van der Waals surface area contributed by atoms with E-state index in [4.69, 9.17) is 9.47 Å². The normalized spacial score (nSPS) is 23.4. The molecule has 0 aromatic heterocycles. The Morgan fingerprint density at radius 2 is 1.23 bits per heavy atom. The van der Waals surface area contributed by atoms with E-state index in [0.29, 0.717) is 23.7 Å². The van der Waals surface area contributed by atoms with Crippen molar-refractivity contribution in [1.29, 1.82) is 0 Å². The van der Waals surface area contributed by atoms with E-state index in [1.165, 1.54) is 0 Å². The molecule has 0 bridgehead atoms. The Labute approximate surface area is 133 Å². The maximum absolute atomic E-state index is 6.04. The molecule has 2 heterocycles. The second-order valence-corrected chi connectivity index (χ2v) is 7.08. The number of rotatable bonds is 2. The minimum absolute atomic E-state index is 0.467. The van der Waals surface area contributed by atoms with Gasteiger partial charge in [0.2, 0.25) is 0 Å². The molecule has 0 amide bonds. The highest BCUT2D eigenvalue weighted by Crippen LogP contribution is 2.36. The van der Waals surface area contributed by atoms with Crippen LogP contribution in [0, 0.1) is 23.7 Å². The number of ether oxygens (including phenoxy) is 2. The molecular formula is C20H26O2. The maximum atomic E-state index is 6.04. The second kappa shape index (κ2) is 6.20. The molecule has 0 saturated carbocycles. The summed E-state index contributed by atoms with van der Waals surface area (Å²) in [7, 11) is 0. The highest BCUT2D eigenvalue weighted by atomic mass is 16.5. The third-order valence-electron chi connectivity index (χ3n) is 4.76. The second-order valence-electron chi connectivity index (χ2n) is 7.08. The Balaban J connectivity index is 1.91. The van der Waals surface area contributed by atoms with Crippen molar-refractivity contribution in [1.82, 2.24) is 0 Å². The number of fused-ring (bicyclic) bond motifs is 2. The van der Waals surface area contributed by atoms with Crippen LogP contribution in [0.4, 0.5) is 0 Å². The highest BCUT2D eigenvalue weighted by molar-refractivity contribution is 5.69. The van der Waals surface area contributed by atoms with Gasteiger partial charge in [-0.05, 0) is 17.9 Å². The van der Waals surface area contributed by atoms with E-state index < -0.39 is 0 Å². The van der Waals surface area contributed by atoms with Crippen LogP contribution in [0.2, 0.25) is 0 Å². The van der Waals surface area contributed by atoms with Crippen molar-refractivity contribution in [3.05, 3.63) is 35.4 Å². The molecule has 0 saturated heterocycles. The number of hydrogen-bond donors (Lipinski definition) is 0. The average Bonchev–Trinajstić information content (AvgIpc) is 2.80. The van der Waals surface area contributed by atoms with Gasteiger partial charge in [0, 0.05) is 29.0 Å². The van der Waals surface area contributed by atoms with Crippen molar-refractivity contribution in [3.8, 4) is 11.5 Å². The van der Waals surface area contributed by atoms with E-state index >= 15 is 0 Å². The summed E-state index contributed by atoms with van der Waals surface area (Å²) >= 11 is 0. The summed E-state index contributed by atoms with van der Waals surface area (Å²) in [5.41, 5.74) is 2.30. The summed E-state index contributed by atoms with van der Waals surface area (Å²) < 4.78 is 12.1. The van der Waals surface area contributed by atoms with Crippen molar-refractivity contribution in [2.45, 2.75) is 27.7 Å². The first-order chi connectivity index (χ1) is 10.5. The van der Waals surface area contributed by atoms with E-state index in [9.17, 15) is 0 Å². The zero-order chi connectivity index (χ0) is 15.7. The molecule has 118 valence electrons. The third kappa shape index (κ3) is 3.06. The summed E-state index contributed by atoms with van der Waals surface area (Å²) in [5, 5.41) is 0. The van der Waals surface area contributed by atoms with Crippen LogP contribution in [0.25, 0.3) is 12.2 Å². The molecule has 3 rings (SSSR count). The Morgan fingerprint density at radius 1 is 0.773 bits per heavy atom. The fraction of sp³-hybridized carbons (Fsp3) is 0.500. The molecular weight excluding hydrogens is 272 g/mol. The molecule has 2 nitrogen and oxygen atoms in total. The van der Waals surface area contributed by atoms with Gasteiger partial charge < -0.3 is 9.47 Å². The summed E-state index contributed by atoms with van der Waals surface area (Å²) in [4.78, 5) is 0. The number of hydrogen-bond acceptors (Lipinski definition) is 2. The van der Waals surface area contributed by atoms with Crippen LogP contribution in [-0.4, -0.2) is 13.2 Å². The molecule has 22 heavy (non-hydrogen) atoms. The molecule has 2 atom stereocenters. The van der Waals surface area contributed by atoms with Crippen LogP contribution in [0.3, 0.4) is 0 Å². The van der Waals surface area contributed by atoms with Gasteiger partial charge in [-0.15, -0.1) is 0 Å². The first kappa shape index (κ1) is 15.2. The van der Waals surface area contributed by atoms with Gasteiger partial charge in [-0.2, -0.15) is 0 Å². The minimum atomic E-state index is 0.467. The Morgan fingerprint density at radius 3 is 1.64 bits per heavy atom. The Bertz CT molecular complexity index is 547. The van der Waals surface area contributed by atoms with E-state index in [1.54, 1.807) is 0 Å². The molecule has 0 radical (unpaired) electrons. The predicted molar refractivity (Wildman–Crippen MR) is 92.2 cm³/mol. The van der Waals surface area contributed by atoms with Gasteiger partial charge in [0.05, 0.1) is 13.2 Å². The van der Waals surface area contributed by atoms with Gasteiger partial charge >= 0.3 is 0 Å². The van der Waals surface area contributed by atoms with Crippen molar-refractivity contribution >= 4 is 12.2 Å². The van der Waals surface area contributed by atoms with E-state index in [2.05, 4.69) is 64.1 Å². The first-order valence-electron chi connectivity index (χ1n) is 8.34. The van der Waals surface area contributed by atoms with Gasteiger partial charge in [-0.1, -0.05) is 52.0 Å². The topological polar surface area (TPSA) is 18.5 Å². The summed E-state index contributed by atoms with van der Waals surface area (Å²) in [6, 6.07) is 4.24. The molecule has 0 fully saturated rings. The lowest BCUT2D eigenvalue weighted by Gasteiger charge is -2.17. The predicted octanol–water partition coefficient (Wildman–Crippen LogP) is 5.04. The van der Waals surface area contributed by atoms with Crippen LogP contribution >= 0.6 is 0 Å². The molecule has 1 aromatic carbocycles. The van der Waals surface area contributed by atoms with Crippen molar-refractivity contribution in [2.24, 2.45) is 23.7 Å². The van der Waals surface area contributed by atoms with Crippen LogP contribution in [0.1, 0.15) is 38.8 Å². The highest BCUT2D eigenvalue weighted by Gasteiger charge is 2.20. The minimum Gasteiger partial charge on any atom is -0.492 e. The van der Waals surface area contributed by atoms with Gasteiger partial charge in [-0.3, -0.25) is 0 Å². The first-order valence-corrected chi connectivity index (χ1v) is 8.34. The van der Waals surface area contributed by atoms with E-state index in [0.717, 1.165) is 35.8 Å². The smallest absolute Gasteiger partial charge is 0.130 e. The van der Waals surface area contributed by atoms with Crippen LogP contribution in [0.15, 0.2) is 24.3 Å². The molecule has 0 N–H and O–H groups in total. The largest absolute Gasteiger partial charge is 0.492 e. The standard InChI is InChI=1S/C20H26O2/c1-13(2)17-7-5-15-9-16-6-8-18(14(3)4)12-22-20(16)10-19(15)21-11-17/h5-10,13-14,17-18H,11-12H2,1-4H3. The molecule has 0 aliphatic carbocycles. The Kier molecular flexibility index (Phi) is 4.28. The quantitative estimate of drug-likeness (QED) is 0.761. The van der Waals surface area contributed by atoms with E-state index in [1.807, 2.05) is 0 Å². The van der Waals surface area contributed by atoms with Crippen LogP contribution in [0.5, 0.6) is 11.5 Å². The van der Waals surface area contributed by atoms with Crippen molar-refractivity contribution < 1.29 is 9.47 Å². The van der Waals surface area contributed by atoms with Gasteiger partial charge in [0.25, 0.3) is 0 Å². The zero-order valence-electron chi connectivity index (χ0n) is 14.0. The molecule has 2 aliphatic heterocycles. The van der Waals surface area contributed by atoms with Crippen molar-refractivity contribution in [2.75, 3.05) is 13.2 Å². The van der Waals surface area contributed by atoms with Crippen LogP contribution in [-0.2, 0) is 0 Å². The van der Waals surface area contributed by atoms with E-state index in [-0.39, 0.29) is 0 Å². The summed E-state index contributed by atoms with van der Waals surface area (Å²) in [6.07, 6.45) is 8.96. The van der Waals surface area contributed by atoms with Crippen LogP contribution < -0.4 is 9.47 Å². The SMILES string of the molecule is CC(C)C1C=Cc2cc3c(cc2OC1)OCC(C(C)C)C=C3. The fourth-order valence-corrected chi connectivity index (χ4v) is 2.87. The van der Waals surface area contributed by atoms with Gasteiger partial charge in [0.15, 0.2) is 0 Å². The van der Waals surface area contributed by atoms with Gasteiger partial charge in [0.1, 0.15) is 11.5 Å². The van der Waals surface area contributed by atoms with Crippen molar-refractivity contribution in [3.63, 3.8) is 0 Å². The maximum Gasteiger partial charge on any atom is 0.130 e. The monoisotopic (exact) mass is 298 g/mol. The molecule has 2 heteroatoms. The summed E-state index contributed by atoms with van der Waals surface area (Å²) in [5.74, 6) is 3.99. The Hall–Kier alpha value is -1.70. The average molecular weight is 298 g/mol. The summed E-state index contributed by atoms with van der Waals surface area (Å²) in [6.45, 7) is 10.4. The molecule has 0 spiro atoms. The van der Waals surface area contributed by atoms with Gasteiger partial charge in [-0.25, -0.2) is 0 Å². The number of benzene rings is 1. The fourth-order valence-electron chi connectivity index (χ4n) is 2.87. The lowest BCUT2D eigenvalue weighted by molar-refractivity contribution is 0.235. The lowest BCUT2D eigenvalue weighted by Crippen LogP contribution is -2.15. The zero-order valence-corrected chi connectivity index (χ0v) is 14.0. The third-order valence-corrected chi connectivity index (χ3v) is 4.76. The lowest BCUT2D eigenvalue weighted by atomic mass is 9.95.